The van der Waals surface area contributed by atoms with E-state index in [2.05, 4.69) is 20.7 Å². The molecular formula is C28H29ClN6O4. The van der Waals surface area contributed by atoms with Gasteiger partial charge in [0.15, 0.2) is 6.04 Å². The third-order valence-corrected chi connectivity index (χ3v) is 7.14. The summed E-state index contributed by atoms with van der Waals surface area (Å²) in [5.41, 5.74) is 1.43. The molecule has 1 atom stereocenters. The van der Waals surface area contributed by atoms with Crippen LogP contribution in [0.5, 0.6) is 5.75 Å². The van der Waals surface area contributed by atoms with Gasteiger partial charge in [0, 0.05) is 23.2 Å². The number of aromatic nitrogens is 4. The number of carbonyl (C=O) groups is 2. The van der Waals surface area contributed by atoms with Crippen LogP contribution in [0.2, 0.25) is 5.02 Å². The second-order valence-corrected chi connectivity index (χ2v) is 9.80. The van der Waals surface area contributed by atoms with Gasteiger partial charge in [-0.05, 0) is 66.1 Å². The van der Waals surface area contributed by atoms with E-state index in [0.717, 1.165) is 31.2 Å². The van der Waals surface area contributed by atoms with Crippen LogP contribution in [0.1, 0.15) is 43.0 Å². The van der Waals surface area contributed by atoms with Crippen LogP contribution in [0.4, 0.5) is 0 Å². The highest BCUT2D eigenvalue weighted by atomic mass is 35.5. The summed E-state index contributed by atoms with van der Waals surface area (Å²) in [6.07, 6.45) is 5.43. The van der Waals surface area contributed by atoms with Crippen molar-refractivity contribution in [3.05, 3.63) is 83.3 Å². The lowest BCUT2D eigenvalue weighted by Gasteiger charge is -2.31. The van der Waals surface area contributed by atoms with Gasteiger partial charge in [-0.15, -0.1) is 10.2 Å². The van der Waals surface area contributed by atoms with Gasteiger partial charge in [-0.2, -0.15) is 4.80 Å². The van der Waals surface area contributed by atoms with Gasteiger partial charge in [0.05, 0.1) is 13.4 Å². The quantitative estimate of drug-likeness (QED) is 0.312. The fraction of sp³-hybridized carbons (Fsp3) is 0.321. The molecule has 1 N–H and O–H groups in total. The maximum atomic E-state index is 13.9. The first-order valence-corrected chi connectivity index (χ1v) is 13.2. The second-order valence-electron chi connectivity index (χ2n) is 9.39. The number of furan rings is 1. The number of ether oxygens (including phenoxy) is 1. The van der Waals surface area contributed by atoms with Crippen molar-refractivity contribution in [2.24, 2.45) is 0 Å². The van der Waals surface area contributed by atoms with Gasteiger partial charge in [-0.3, -0.25) is 9.59 Å². The molecule has 2 aromatic carbocycles. The van der Waals surface area contributed by atoms with Gasteiger partial charge in [0.25, 0.3) is 5.91 Å². The molecule has 0 bridgehead atoms. The summed E-state index contributed by atoms with van der Waals surface area (Å²) in [7, 11) is 1.59. The Morgan fingerprint density at radius 3 is 2.59 bits per heavy atom. The molecule has 2 aromatic heterocycles. The number of hydrogen-bond acceptors (Lipinski definition) is 7. The van der Waals surface area contributed by atoms with Crippen molar-refractivity contribution in [1.82, 2.24) is 30.4 Å². The number of carbonyl (C=O) groups excluding carboxylic acids is 2. The largest absolute Gasteiger partial charge is 0.497 e. The molecule has 1 saturated carbocycles. The van der Waals surface area contributed by atoms with E-state index in [1.165, 1.54) is 16.0 Å². The summed E-state index contributed by atoms with van der Waals surface area (Å²) in [4.78, 5) is 30.2. The fourth-order valence-corrected chi connectivity index (χ4v) is 4.93. The number of rotatable bonds is 10. The molecule has 0 unspecified atom stereocenters. The molecule has 0 saturated heterocycles. The van der Waals surface area contributed by atoms with Gasteiger partial charge in [0.1, 0.15) is 18.1 Å². The number of methoxy groups -OCH3 is 1. The lowest BCUT2D eigenvalue weighted by Crippen LogP contribution is -2.46. The first-order valence-electron chi connectivity index (χ1n) is 12.8. The highest BCUT2D eigenvalue weighted by molar-refractivity contribution is 6.31. The molecule has 5 rings (SSSR count). The van der Waals surface area contributed by atoms with Crippen LogP contribution in [0.25, 0.3) is 11.4 Å². The first kappa shape index (κ1) is 26.4. The van der Waals surface area contributed by atoms with Crippen molar-refractivity contribution in [3.63, 3.8) is 0 Å². The molecule has 0 radical (unpaired) electrons. The average molecular weight is 549 g/mol. The Labute approximate surface area is 230 Å². The van der Waals surface area contributed by atoms with E-state index in [-0.39, 0.29) is 25.0 Å². The zero-order valence-corrected chi connectivity index (χ0v) is 22.3. The van der Waals surface area contributed by atoms with Gasteiger partial charge >= 0.3 is 0 Å². The second kappa shape index (κ2) is 12.1. The van der Waals surface area contributed by atoms with Gasteiger partial charge in [-0.25, -0.2) is 0 Å². The van der Waals surface area contributed by atoms with E-state index >= 15 is 0 Å². The Kier molecular flexibility index (Phi) is 8.21. The summed E-state index contributed by atoms with van der Waals surface area (Å²) in [6.45, 7) is -0.149. The van der Waals surface area contributed by atoms with Gasteiger partial charge in [0.2, 0.25) is 11.7 Å². The van der Waals surface area contributed by atoms with E-state index in [1.54, 1.807) is 37.4 Å². The van der Waals surface area contributed by atoms with Crippen molar-refractivity contribution in [2.75, 3.05) is 7.11 Å². The Morgan fingerprint density at radius 1 is 1.13 bits per heavy atom. The SMILES string of the molecule is COc1ccc(-c2nnn(CC(=O)N(Cc3ccccc3Cl)[C@@H](C(=O)NC3CCCC3)c3ccco3)n2)cc1. The van der Waals surface area contributed by atoms with Gasteiger partial charge < -0.3 is 19.4 Å². The summed E-state index contributed by atoms with van der Waals surface area (Å²) in [5, 5.41) is 16.2. The Morgan fingerprint density at radius 2 is 1.90 bits per heavy atom. The van der Waals surface area contributed by atoms with Crippen LogP contribution in [0.3, 0.4) is 0 Å². The minimum atomic E-state index is -1.01. The Hall–Kier alpha value is -4.18. The van der Waals surface area contributed by atoms with Crippen molar-refractivity contribution >= 4 is 23.4 Å². The maximum absolute atomic E-state index is 13.9. The normalized spacial score (nSPS) is 14.2. The predicted molar refractivity (Wildman–Crippen MR) is 144 cm³/mol. The third kappa shape index (κ3) is 6.28. The summed E-state index contributed by atoms with van der Waals surface area (Å²) in [6, 6.07) is 16.9. The predicted octanol–water partition coefficient (Wildman–Crippen LogP) is 4.42. The van der Waals surface area contributed by atoms with E-state index < -0.39 is 11.9 Å². The van der Waals surface area contributed by atoms with Crippen LogP contribution < -0.4 is 10.1 Å². The number of tetrazole rings is 1. The molecule has 1 aliphatic rings. The van der Waals surface area contributed by atoms with E-state index in [9.17, 15) is 9.59 Å². The Bertz CT molecular complexity index is 1400. The summed E-state index contributed by atoms with van der Waals surface area (Å²) in [5.74, 6) is 0.733. The molecule has 4 aromatic rings. The van der Waals surface area contributed by atoms with Crippen LogP contribution >= 0.6 is 11.6 Å². The standard InChI is InChI=1S/C28H29ClN6O4/c1-38-22-14-12-19(13-15-22)27-31-33-35(32-27)18-25(36)34(17-20-7-2-5-10-23(20)29)26(24-11-6-16-39-24)28(37)30-21-8-3-4-9-21/h2,5-7,10-16,21,26H,3-4,8-9,17-18H2,1H3,(H,30,37)/t26-/m1/s1. The van der Waals surface area contributed by atoms with Crippen LogP contribution in [0, 0.1) is 0 Å². The zero-order valence-electron chi connectivity index (χ0n) is 21.5. The topological polar surface area (TPSA) is 115 Å². The Balaban J connectivity index is 1.43. The highest BCUT2D eigenvalue weighted by Gasteiger charge is 2.35. The molecular weight excluding hydrogens is 520 g/mol. The van der Waals surface area contributed by atoms with Crippen LogP contribution in [-0.2, 0) is 22.7 Å². The number of halogens is 1. The van der Waals surface area contributed by atoms with Crippen LogP contribution in [0.15, 0.2) is 71.3 Å². The molecule has 10 nitrogen and oxygen atoms in total. The molecule has 1 aliphatic carbocycles. The smallest absolute Gasteiger partial charge is 0.250 e. The average Bonchev–Trinajstić information content (AvgIpc) is 3.74. The number of amides is 2. The van der Waals surface area contributed by atoms with Crippen molar-refractivity contribution < 1.29 is 18.7 Å². The zero-order chi connectivity index (χ0) is 27.2. The highest BCUT2D eigenvalue weighted by Crippen LogP contribution is 2.28. The lowest BCUT2D eigenvalue weighted by atomic mass is 10.1. The fourth-order valence-electron chi connectivity index (χ4n) is 4.73. The summed E-state index contributed by atoms with van der Waals surface area (Å²) < 4.78 is 10.9. The van der Waals surface area contributed by atoms with E-state index in [1.807, 2.05) is 30.3 Å². The molecule has 0 spiro atoms. The number of nitrogens with one attached hydrogen (secondary N) is 1. The number of nitrogens with zero attached hydrogens (tertiary/aromatic N) is 5. The van der Waals surface area contributed by atoms with Gasteiger partial charge in [-0.1, -0.05) is 42.6 Å². The third-order valence-electron chi connectivity index (χ3n) is 6.77. The van der Waals surface area contributed by atoms with Crippen LogP contribution in [-0.4, -0.2) is 50.1 Å². The first-order chi connectivity index (χ1) is 19.0. The molecule has 11 heteroatoms. The molecule has 2 amide bonds. The minimum Gasteiger partial charge on any atom is -0.497 e. The van der Waals surface area contributed by atoms with Crippen molar-refractivity contribution in [2.45, 2.75) is 50.9 Å². The van der Waals surface area contributed by atoms with Crippen molar-refractivity contribution in [1.29, 1.82) is 0 Å². The van der Waals surface area contributed by atoms with Crippen molar-refractivity contribution in [3.8, 4) is 17.1 Å². The molecule has 202 valence electrons. The lowest BCUT2D eigenvalue weighted by molar-refractivity contribution is -0.143. The summed E-state index contributed by atoms with van der Waals surface area (Å²) >= 11 is 6.46. The molecule has 2 heterocycles. The molecule has 1 fully saturated rings. The van der Waals surface area contributed by atoms with E-state index in [4.69, 9.17) is 20.8 Å². The monoisotopic (exact) mass is 548 g/mol. The minimum absolute atomic E-state index is 0.0660. The van der Waals surface area contributed by atoms with E-state index in [0.29, 0.717) is 27.9 Å². The molecule has 0 aliphatic heterocycles. The number of hydrogen-bond donors (Lipinski definition) is 1. The maximum Gasteiger partial charge on any atom is 0.250 e. The number of benzene rings is 2. The molecule has 39 heavy (non-hydrogen) atoms.